The number of carbonyl (C=O) groups is 1. The monoisotopic (exact) mass is 261 g/mol. The third-order valence-corrected chi connectivity index (χ3v) is 6.16. The van der Waals surface area contributed by atoms with Gasteiger partial charge in [0.05, 0.1) is 11.6 Å². The smallest absolute Gasteiger partial charge is 0.138 e. The molecule has 2 bridgehead atoms. The van der Waals surface area contributed by atoms with E-state index in [1.807, 2.05) is 0 Å². The summed E-state index contributed by atoms with van der Waals surface area (Å²) in [6.07, 6.45) is 6.92. The van der Waals surface area contributed by atoms with Crippen LogP contribution in [0.25, 0.3) is 0 Å². The van der Waals surface area contributed by atoms with Crippen LogP contribution in [0, 0.1) is 17.8 Å². The number of hydrogen-bond donors (Lipinski definition) is 1. The lowest BCUT2D eigenvalue weighted by atomic mass is 9.51. The molecule has 4 rings (SSSR count). The van der Waals surface area contributed by atoms with Gasteiger partial charge in [-0.2, -0.15) is 0 Å². The Morgan fingerprint density at radius 3 is 3.11 bits per heavy atom. The van der Waals surface area contributed by atoms with Crippen LogP contribution in [0.15, 0.2) is 11.6 Å². The summed E-state index contributed by atoms with van der Waals surface area (Å²) in [5.74, 6) is 1.04. The van der Waals surface area contributed by atoms with Gasteiger partial charge in [-0.25, -0.2) is 0 Å². The van der Waals surface area contributed by atoms with Crippen LogP contribution in [0.5, 0.6) is 0 Å². The fraction of sp³-hybridized carbons (Fsp3) is 0.812. The minimum Gasteiger partial charge on any atom is -0.392 e. The van der Waals surface area contributed by atoms with Crippen LogP contribution in [-0.4, -0.2) is 40.5 Å². The Kier molecular flexibility index (Phi) is 2.50. The van der Waals surface area contributed by atoms with E-state index in [4.69, 9.17) is 0 Å². The molecule has 4 aliphatic rings. The topological polar surface area (TPSA) is 40.5 Å². The zero-order chi connectivity index (χ0) is 13.2. The molecular weight excluding hydrogens is 238 g/mol. The van der Waals surface area contributed by atoms with Gasteiger partial charge in [0.15, 0.2) is 0 Å². The highest BCUT2D eigenvalue weighted by Crippen LogP contribution is 2.57. The molecule has 5 atom stereocenters. The first-order valence-corrected chi connectivity index (χ1v) is 7.81. The maximum Gasteiger partial charge on any atom is 0.138 e. The van der Waals surface area contributed by atoms with E-state index in [-0.39, 0.29) is 23.5 Å². The first kappa shape index (κ1) is 12.1. The lowest BCUT2D eigenvalue weighted by Gasteiger charge is -2.63. The Bertz CT molecular complexity index is 458. The first-order valence-electron chi connectivity index (χ1n) is 7.81. The van der Waals surface area contributed by atoms with E-state index in [2.05, 4.69) is 17.9 Å². The van der Waals surface area contributed by atoms with Crippen molar-refractivity contribution in [3.63, 3.8) is 0 Å². The predicted molar refractivity (Wildman–Crippen MR) is 72.6 cm³/mol. The molecule has 1 saturated heterocycles. The van der Waals surface area contributed by atoms with Crippen LogP contribution in [0.4, 0.5) is 0 Å². The summed E-state index contributed by atoms with van der Waals surface area (Å²) in [5.41, 5.74) is 1.42. The molecule has 1 spiro atoms. The van der Waals surface area contributed by atoms with E-state index >= 15 is 0 Å². The zero-order valence-electron chi connectivity index (χ0n) is 11.6. The number of nitrogens with zero attached hydrogens (tertiary/aromatic N) is 1. The largest absolute Gasteiger partial charge is 0.392 e. The number of ketones is 1. The minimum absolute atomic E-state index is 0.00481. The Balaban J connectivity index is 1.89. The molecule has 0 unspecified atom stereocenters. The van der Waals surface area contributed by atoms with Gasteiger partial charge in [0, 0.05) is 24.8 Å². The van der Waals surface area contributed by atoms with Gasteiger partial charge in [0.1, 0.15) is 5.78 Å². The van der Waals surface area contributed by atoms with Gasteiger partial charge >= 0.3 is 0 Å². The molecule has 2 aliphatic heterocycles. The number of Topliss-reactive ketones (excluding diaryl/α,β-unsaturated/α-hetero) is 1. The van der Waals surface area contributed by atoms with Gasteiger partial charge in [-0.3, -0.25) is 9.69 Å². The molecule has 3 fully saturated rings. The van der Waals surface area contributed by atoms with Gasteiger partial charge in [-0.05, 0) is 43.7 Å². The summed E-state index contributed by atoms with van der Waals surface area (Å²) in [4.78, 5) is 15.1. The number of aliphatic hydroxyl groups is 1. The molecule has 2 saturated carbocycles. The molecule has 3 heteroatoms. The maximum atomic E-state index is 12.6. The SMILES string of the molecule is C[C@H]1C[C@]23C4=CCCN2CCC[C@@H]3C(=O)C[C@H]4[C@H]1O. The van der Waals surface area contributed by atoms with E-state index in [9.17, 15) is 9.90 Å². The lowest BCUT2D eigenvalue weighted by Crippen LogP contribution is -2.69. The summed E-state index contributed by atoms with van der Waals surface area (Å²) in [6.45, 7) is 4.40. The Hall–Kier alpha value is -0.670. The van der Waals surface area contributed by atoms with E-state index in [0.29, 0.717) is 18.1 Å². The first-order chi connectivity index (χ1) is 9.14. The zero-order valence-corrected chi connectivity index (χ0v) is 11.6. The Morgan fingerprint density at radius 1 is 1.42 bits per heavy atom. The van der Waals surface area contributed by atoms with Crippen LogP contribution >= 0.6 is 0 Å². The predicted octanol–water partition coefficient (Wildman–Crippen LogP) is 1.76. The summed E-state index contributed by atoms with van der Waals surface area (Å²) in [5, 5.41) is 10.5. The molecule has 19 heavy (non-hydrogen) atoms. The van der Waals surface area contributed by atoms with E-state index in [0.717, 1.165) is 38.8 Å². The minimum atomic E-state index is -0.316. The fourth-order valence-electron chi connectivity index (χ4n) is 5.46. The Labute approximate surface area is 114 Å². The second-order valence-corrected chi connectivity index (χ2v) is 7.00. The third kappa shape index (κ3) is 1.38. The van der Waals surface area contributed by atoms with Gasteiger partial charge in [-0.1, -0.05) is 13.0 Å². The van der Waals surface area contributed by atoms with Crippen LogP contribution in [0.3, 0.4) is 0 Å². The molecule has 0 amide bonds. The molecule has 0 aromatic rings. The quantitative estimate of drug-likeness (QED) is 0.675. The highest BCUT2D eigenvalue weighted by atomic mass is 16.3. The van der Waals surface area contributed by atoms with Crippen LogP contribution in [0.1, 0.15) is 39.0 Å². The second kappa shape index (κ2) is 3.92. The summed E-state index contributed by atoms with van der Waals surface area (Å²) < 4.78 is 0. The van der Waals surface area contributed by atoms with Crippen molar-refractivity contribution in [2.45, 2.75) is 50.7 Å². The number of rotatable bonds is 0. The van der Waals surface area contributed by atoms with Crippen molar-refractivity contribution in [3.05, 3.63) is 11.6 Å². The van der Waals surface area contributed by atoms with Crippen molar-refractivity contribution < 1.29 is 9.90 Å². The molecule has 2 heterocycles. The maximum absolute atomic E-state index is 12.6. The third-order valence-electron chi connectivity index (χ3n) is 6.16. The molecule has 2 aliphatic carbocycles. The normalized spacial score (nSPS) is 49.6. The van der Waals surface area contributed by atoms with Crippen molar-refractivity contribution in [1.29, 1.82) is 0 Å². The average molecular weight is 261 g/mol. The van der Waals surface area contributed by atoms with Gasteiger partial charge < -0.3 is 5.11 Å². The molecule has 0 aromatic heterocycles. The standard InChI is InChI=1S/C16H23NO2/c1-10-9-16-12-4-2-6-17(16)7-3-5-13(16)14(18)8-11(12)15(10)19/h4,10-11,13,15,19H,2-3,5-9H2,1H3/t10-,11+,13+,15-,16+/m0/s1. The number of aliphatic hydroxyl groups excluding tert-OH is 1. The highest BCUT2D eigenvalue weighted by Gasteiger charge is 2.61. The molecule has 1 N–H and O–H groups in total. The summed E-state index contributed by atoms with van der Waals surface area (Å²) in [6, 6.07) is 0. The van der Waals surface area contributed by atoms with Crippen molar-refractivity contribution in [1.82, 2.24) is 4.90 Å². The van der Waals surface area contributed by atoms with Crippen molar-refractivity contribution in [2.75, 3.05) is 13.1 Å². The number of piperidine rings is 1. The van der Waals surface area contributed by atoms with Crippen LogP contribution < -0.4 is 0 Å². The average Bonchev–Trinajstić information content (AvgIpc) is 2.40. The Morgan fingerprint density at radius 2 is 2.26 bits per heavy atom. The van der Waals surface area contributed by atoms with E-state index in [1.54, 1.807) is 0 Å². The van der Waals surface area contributed by atoms with Gasteiger partial charge in [0.2, 0.25) is 0 Å². The second-order valence-electron chi connectivity index (χ2n) is 7.00. The summed E-state index contributed by atoms with van der Waals surface area (Å²) in [7, 11) is 0. The van der Waals surface area contributed by atoms with Crippen LogP contribution in [0.2, 0.25) is 0 Å². The molecular formula is C16H23NO2. The van der Waals surface area contributed by atoms with Crippen molar-refractivity contribution in [3.8, 4) is 0 Å². The molecule has 104 valence electrons. The van der Waals surface area contributed by atoms with Crippen molar-refractivity contribution in [2.24, 2.45) is 17.8 Å². The van der Waals surface area contributed by atoms with Crippen LogP contribution in [-0.2, 0) is 4.79 Å². The van der Waals surface area contributed by atoms with Crippen molar-refractivity contribution >= 4 is 5.78 Å². The fourth-order valence-corrected chi connectivity index (χ4v) is 5.46. The number of hydrogen-bond acceptors (Lipinski definition) is 3. The lowest BCUT2D eigenvalue weighted by molar-refractivity contribution is -0.147. The number of carbonyl (C=O) groups excluding carboxylic acids is 1. The van der Waals surface area contributed by atoms with E-state index < -0.39 is 0 Å². The molecule has 0 radical (unpaired) electrons. The molecule has 0 aromatic carbocycles. The van der Waals surface area contributed by atoms with Gasteiger partial charge in [-0.15, -0.1) is 0 Å². The molecule has 3 nitrogen and oxygen atoms in total. The summed E-state index contributed by atoms with van der Waals surface area (Å²) >= 11 is 0. The highest BCUT2D eigenvalue weighted by molar-refractivity contribution is 5.86. The van der Waals surface area contributed by atoms with Gasteiger partial charge in [0.25, 0.3) is 0 Å². The van der Waals surface area contributed by atoms with E-state index in [1.165, 1.54) is 5.57 Å².